The Bertz CT molecular complexity index is 3170. The van der Waals surface area contributed by atoms with Crippen molar-refractivity contribution < 1.29 is 8.83 Å². The molecule has 0 aliphatic carbocycles. The first kappa shape index (κ1) is 29.6. The molecular weight excluding hydrogens is 647 g/mol. The Morgan fingerprint density at radius 1 is 0.340 bits per heavy atom. The summed E-state index contributed by atoms with van der Waals surface area (Å²) in [5.41, 5.74) is 11.4. The number of hydrogen-bond donors (Lipinski definition) is 0. The van der Waals surface area contributed by atoms with E-state index < -0.39 is 0 Å². The molecule has 0 spiro atoms. The van der Waals surface area contributed by atoms with Gasteiger partial charge in [-0.15, -0.1) is 0 Å². The highest BCUT2D eigenvalue weighted by Crippen LogP contribution is 2.46. The largest absolute Gasteiger partial charge is 0.456 e. The molecule has 2 heterocycles. The lowest BCUT2D eigenvalue weighted by Gasteiger charge is -2.27. The second-order valence-electron chi connectivity index (χ2n) is 13.7. The van der Waals surface area contributed by atoms with E-state index in [9.17, 15) is 0 Å². The highest BCUT2D eigenvalue weighted by molar-refractivity contribution is 6.20. The van der Waals surface area contributed by atoms with Gasteiger partial charge in [0.15, 0.2) is 0 Å². The smallest absolute Gasteiger partial charge is 0.143 e. The van der Waals surface area contributed by atoms with E-state index in [1.54, 1.807) is 0 Å². The van der Waals surface area contributed by atoms with Gasteiger partial charge in [0, 0.05) is 43.7 Å². The lowest BCUT2D eigenvalue weighted by molar-refractivity contribution is 0.669. The first-order valence-electron chi connectivity index (χ1n) is 18.0. The molecule has 53 heavy (non-hydrogen) atoms. The lowest BCUT2D eigenvalue weighted by atomic mass is 9.98. The fourth-order valence-electron chi connectivity index (χ4n) is 8.12. The maximum absolute atomic E-state index is 6.76. The third-order valence-corrected chi connectivity index (χ3v) is 10.6. The number of hydrogen-bond acceptors (Lipinski definition) is 3. The monoisotopic (exact) mass is 677 g/mol. The van der Waals surface area contributed by atoms with Crippen LogP contribution in [0.1, 0.15) is 0 Å². The van der Waals surface area contributed by atoms with Gasteiger partial charge in [0.2, 0.25) is 0 Å². The summed E-state index contributed by atoms with van der Waals surface area (Å²) >= 11 is 0. The molecule has 3 heteroatoms. The third kappa shape index (κ3) is 4.75. The van der Waals surface area contributed by atoms with E-state index in [1.165, 1.54) is 16.3 Å². The van der Waals surface area contributed by atoms with Gasteiger partial charge in [-0.2, -0.15) is 0 Å². The molecule has 9 aromatic carbocycles. The summed E-state index contributed by atoms with van der Waals surface area (Å²) < 4.78 is 13.0. The van der Waals surface area contributed by atoms with E-state index >= 15 is 0 Å². The molecule has 3 nitrogen and oxygen atoms in total. The van der Waals surface area contributed by atoms with Crippen LogP contribution in [0, 0.1) is 0 Å². The van der Waals surface area contributed by atoms with Crippen molar-refractivity contribution in [3.05, 3.63) is 188 Å². The number of benzene rings is 9. The summed E-state index contributed by atoms with van der Waals surface area (Å²) in [6.45, 7) is 0. The molecule has 248 valence electrons. The van der Waals surface area contributed by atoms with E-state index in [-0.39, 0.29) is 0 Å². The predicted octanol–water partition coefficient (Wildman–Crippen LogP) is 14.6. The van der Waals surface area contributed by atoms with E-state index in [0.29, 0.717) is 0 Å². The molecule has 0 aliphatic rings. The van der Waals surface area contributed by atoms with Crippen molar-refractivity contribution in [2.75, 3.05) is 4.90 Å². The molecule has 0 N–H and O–H groups in total. The van der Waals surface area contributed by atoms with Crippen LogP contribution < -0.4 is 4.90 Å². The lowest BCUT2D eigenvalue weighted by Crippen LogP contribution is -2.10. The van der Waals surface area contributed by atoms with Crippen LogP contribution in [-0.2, 0) is 0 Å². The third-order valence-electron chi connectivity index (χ3n) is 10.6. The maximum atomic E-state index is 6.76. The van der Waals surface area contributed by atoms with Crippen LogP contribution >= 0.6 is 0 Å². The minimum atomic E-state index is 0.879. The van der Waals surface area contributed by atoms with Crippen LogP contribution in [-0.4, -0.2) is 0 Å². The fourth-order valence-corrected chi connectivity index (χ4v) is 8.12. The Kier molecular flexibility index (Phi) is 6.55. The van der Waals surface area contributed by atoms with Gasteiger partial charge in [-0.3, -0.25) is 0 Å². The topological polar surface area (TPSA) is 29.5 Å². The number of furan rings is 2. The van der Waals surface area contributed by atoms with Gasteiger partial charge in [-0.1, -0.05) is 127 Å². The predicted molar refractivity (Wildman–Crippen MR) is 222 cm³/mol. The average molecular weight is 678 g/mol. The zero-order chi connectivity index (χ0) is 34.9. The van der Waals surface area contributed by atoms with Crippen LogP contribution in [0.2, 0.25) is 0 Å². The molecule has 0 saturated heterocycles. The number of anilines is 3. The van der Waals surface area contributed by atoms with Gasteiger partial charge in [-0.25, -0.2) is 0 Å². The highest BCUT2D eigenvalue weighted by Gasteiger charge is 2.21. The molecule has 0 unspecified atom stereocenters. The number of rotatable bonds is 5. The van der Waals surface area contributed by atoms with E-state index in [0.717, 1.165) is 88.4 Å². The van der Waals surface area contributed by atoms with Crippen LogP contribution in [0.3, 0.4) is 0 Å². The minimum absolute atomic E-state index is 0.879. The molecule has 0 radical (unpaired) electrons. The molecule has 0 fully saturated rings. The summed E-state index contributed by atoms with van der Waals surface area (Å²) in [5.74, 6) is 0. The van der Waals surface area contributed by atoms with Gasteiger partial charge in [0.25, 0.3) is 0 Å². The van der Waals surface area contributed by atoms with Crippen molar-refractivity contribution in [1.82, 2.24) is 0 Å². The summed E-state index contributed by atoms with van der Waals surface area (Å²) in [6, 6.07) is 66.8. The van der Waals surface area contributed by atoms with Crippen LogP contribution in [0.25, 0.3) is 87.7 Å². The summed E-state index contributed by atoms with van der Waals surface area (Å²) in [6.07, 6.45) is 0. The van der Waals surface area contributed by atoms with Gasteiger partial charge >= 0.3 is 0 Å². The number of fused-ring (bicyclic) bond motifs is 9. The van der Waals surface area contributed by atoms with Crippen LogP contribution in [0.15, 0.2) is 197 Å². The van der Waals surface area contributed by atoms with Crippen molar-refractivity contribution >= 4 is 82.5 Å². The summed E-state index contributed by atoms with van der Waals surface area (Å²) in [7, 11) is 0. The van der Waals surface area contributed by atoms with E-state index in [1.807, 2.05) is 12.1 Å². The Morgan fingerprint density at radius 3 is 1.87 bits per heavy atom. The molecule has 11 rings (SSSR count). The number of para-hydroxylation sites is 2. The Balaban J connectivity index is 1.08. The molecular formula is C50H31NO2. The fraction of sp³-hybridized carbons (Fsp3) is 0. The molecule has 0 atom stereocenters. The summed E-state index contributed by atoms with van der Waals surface area (Å²) in [4.78, 5) is 2.36. The van der Waals surface area contributed by atoms with E-state index in [4.69, 9.17) is 8.83 Å². The number of nitrogens with zero attached hydrogens (tertiary/aromatic N) is 1. The average Bonchev–Trinajstić information content (AvgIpc) is 3.80. The maximum Gasteiger partial charge on any atom is 0.143 e. The molecule has 0 saturated carbocycles. The molecule has 0 amide bonds. The first-order valence-corrected chi connectivity index (χ1v) is 18.0. The minimum Gasteiger partial charge on any atom is -0.456 e. The van der Waals surface area contributed by atoms with Crippen molar-refractivity contribution in [1.29, 1.82) is 0 Å². The standard InChI is InChI=1S/C50H31NO2/c1-2-13-37(14-3-1)51(38-26-23-33(24-27-38)39-18-10-20-47-49(39)43-17-8-9-19-46(43)52-47)45-31-44-41-28-25-36(35-22-21-32-11-4-5-12-34(32)29-35)30-48(41)53-50(44)42-16-7-6-15-40(42)45/h1-31H. The van der Waals surface area contributed by atoms with Crippen molar-refractivity contribution in [2.45, 2.75) is 0 Å². The molecule has 0 bridgehead atoms. The van der Waals surface area contributed by atoms with Gasteiger partial charge in [0.1, 0.15) is 22.3 Å². The Morgan fingerprint density at radius 2 is 1.00 bits per heavy atom. The zero-order valence-corrected chi connectivity index (χ0v) is 28.7. The zero-order valence-electron chi connectivity index (χ0n) is 28.7. The molecule has 2 aromatic heterocycles. The molecule has 0 aliphatic heterocycles. The van der Waals surface area contributed by atoms with E-state index in [2.05, 4.69) is 181 Å². The second kappa shape index (κ2) is 11.7. The van der Waals surface area contributed by atoms with Gasteiger partial charge in [0.05, 0.1) is 5.69 Å². The SMILES string of the molecule is c1ccc(N(c2ccc(-c3cccc4oc5ccccc5c34)cc2)c2cc3c4ccc(-c5ccc6ccccc6c5)cc4oc3c3ccccc23)cc1. The Hall–Kier alpha value is -7.10. The highest BCUT2D eigenvalue weighted by atomic mass is 16.3. The van der Waals surface area contributed by atoms with Gasteiger partial charge in [-0.05, 0) is 93.7 Å². The first-order chi connectivity index (χ1) is 26.3. The quantitative estimate of drug-likeness (QED) is 0.182. The van der Waals surface area contributed by atoms with Crippen molar-refractivity contribution in [2.24, 2.45) is 0 Å². The molecule has 11 aromatic rings. The summed E-state index contributed by atoms with van der Waals surface area (Å²) in [5, 5.41) is 9.13. The second-order valence-corrected chi connectivity index (χ2v) is 13.7. The van der Waals surface area contributed by atoms with Crippen LogP contribution in [0.5, 0.6) is 0 Å². The Labute approximate surface area is 305 Å². The van der Waals surface area contributed by atoms with Crippen LogP contribution in [0.4, 0.5) is 17.1 Å². The van der Waals surface area contributed by atoms with Crippen molar-refractivity contribution in [3.63, 3.8) is 0 Å². The normalized spacial score (nSPS) is 11.8. The van der Waals surface area contributed by atoms with Crippen molar-refractivity contribution in [3.8, 4) is 22.3 Å². The van der Waals surface area contributed by atoms with Gasteiger partial charge < -0.3 is 13.7 Å².